The van der Waals surface area contributed by atoms with Crippen molar-refractivity contribution in [3.8, 4) is 0 Å². The number of hydrogen-bond donors (Lipinski definition) is 0. The fourth-order valence-electron chi connectivity index (χ4n) is 1.50. The Morgan fingerprint density at radius 2 is 1.92 bits per heavy atom. The van der Waals surface area contributed by atoms with Gasteiger partial charge in [-0.1, -0.05) is 36.4 Å². The molecule has 1 atom stereocenters. The Morgan fingerprint density at radius 1 is 1.17 bits per heavy atom. The maximum absolute atomic E-state index is 5.83. The van der Waals surface area contributed by atoms with Crippen molar-refractivity contribution in [3.05, 3.63) is 41.5 Å². The molecule has 0 saturated heterocycles. The normalized spacial score (nSPS) is 20.1. The van der Waals surface area contributed by atoms with E-state index in [0.717, 1.165) is 0 Å². The van der Waals surface area contributed by atoms with Gasteiger partial charge in [-0.2, -0.15) is 0 Å². The first-order valence-corrected chi connectivity index (χ1v) is 4.71. The Kier molecular flexibility index (Phi) is 2.12. The zero-order valence-corrected chi connectivity index (χ0v) is 7.89. The van der Waals surface area contributed by atoms with Crippen LogP contribution >= 0.6 is 23.2 Å². The van der Waals surface area contributed by atoms with Gasteiger partial charge in [0.25, 0.3) is 0 Å². The van der Waals surface area contributed by atoms with Crippen molar-refractivity contribution in [1.29, 1.82) is 0 Å². The molecule has 0 aromatic heterocycles. The van der Waals surface area contributed by atoms with Crippen LogP contribution in [-0.2, 0) is 0 Å². The second kappa shape index (κ2) is 3.12. The molecule has 62 valence electrons. The lowest BCUT2D eigenvalue weighted by molar-refractivity contribution is 0.947. The Balaban J connectivity index is 2.42. The molecule has 0 saturated carbocycles. The fraction of sp³-hybridized carbons (Fsp3) is 0.200. The van der Waals surface area contributed by atoms with E-state index in [2.05, 4.69) is 24.3 Å². The summed E-state index contributed by atoms with van der Waals surface area (Å²) in [6.07, 6.45) is 4.12. The van der Waals surface area contributed by atoms with Crippen molar-refractivity contribution in [2.45, 2.75) is 10.8 Å². The van der Waals surface area contributed by atoms with Crippen LogP contribution in [0.1, 0.15) is 17.0 Å². The van der Waals surface area contributed by atoms with Gasteiger partial charge in [0, 0.05) is 5.92 Å². The molecule has 2 rings (SSSR count). The molecule has 2 heteroatoms. The van der Waals surface area contributed by atoms with Crippen molar-refractivity contribution < 1.29 is 0 Å². The summed E-state index contributed by atoms with van der Waals surface area (Å²) >= 11 is 11.7. The number of benzene rings is 1. The molecule has 12 heavy (non-hydrogen) atoms. The molecular formula is C10H8Cl2. The molecule has 0 fully saturated rings. The molecule has 0 aliphatic heterocycles. The molecule has 0 nitrogen and oxygen atoms in total. The lowest BCUT2D eigenvalue weighted by Crippen LogP contribution is -2.01. The number of hydrogen-bond acceptors (Lipinski definition) is 0. The van der Waals surface area contributed by atoms with Crippen LogP contribution < -0.4 is 0 Å². The number of allylic oxidation sites excluding steroid dienone is 1. The van der Waals surface area contributed by atoms with Crippen molar-refractivity contribution in [1.82, 2.24) is 0 Å². The molecule has 0 heterocycles. The number of fused-ring (bicyclic) bond motifs is 1. The fourth-order valence-corrected chi connectivity index (χ4v) is 1.94. The van der Waals surface area contributed by atoms with Crippen LogP contribution in [0.3, 0.4) is 0 Å². The minimum atomic E-state index is -0.343. The maximum atomic E-state index is 5.83. The van der Waals surface area contributed by atoms with Gasteiger partial charge in [0.2, 0.25) is 0 Å². The highest BCUT2D eigenvalue weighted by Crippen LogP contribution is 2.35. The van der Waals surface area contributed by atoms with E-state index in [0.29, 0.717) is 0 Å². The van der Waals surface area contributed by atoms with Crippen LogP contribution in [0.2, 0.25) is 0 Å². The van der Waals surface area contributed by atoms with E-state index in [9.17, 15) is 0 Å². The highest BCUT2D eigenvalue weighted by Gasteiger charge is 2.21. The molecule has 0 spiro atoms. The molecule has 0 N–H and O–H groups in total. The van der Waals surface area contributed by atoms with Crippen molar-refractivity contribution in [2.24, 2.45) is 0 Å². The van der Waals surface area contributed by atoms with Crippen LogP contribution in [-0.4, -0.2) is 4.84 Å². The van der Waals surface area contributed by atoms with Crippen LogP contribution in [0.15, 0.2) is 30.3 Å². The molecule has 1 aliphatic carbocycles. The first-order chi connectivity index (χ1) is 5.79. The summed E-state index contributed by atoms with van der Waals surface area (Å²) in [6, 6.07) is 8.16. The zero-order valence-electron chi connectivity index (χ0n) is 6.37. The average molecular weight is 199 g/mol. The molecule has 1 aromatic rings. The van der Waals surface area contributed by atoms with Gasteiger partial charge < -0.3 is 0 Å². The number of alkyl halides is 2. The van der Waals surface area contributed by atoms with E-state index < -0.39 is 0 Å². The summed E-state index contributed by atoms with van der Waals surface area (Å²) in [6.45, 7) is 0. The van der Waals surface area contributed by atoms with E-state index >= 15 is 0 Å². The topological polar surface area (TPSA) is 0 Å². The number of halogens is 2. The lowest BCUT2D eigenvalue weighted by Gasteiger charge is -2.10. The zero-order chi connectivity index (χ0) is 8.55. The van der Waals surface area contributed by atoms with Gasteiger partial charge in [0.05, 0.1) is 0 Å². The van der Waals surface area contributed by atoms with E-state index in [1.165, 1.54) is 11.1 Å². The third-order valence-corrected chi connectivity index (χ3v) is 2.65. The van der Waals surface area contributed by atoms with Crippen LogP contribution in [0, 0.1) is 0 Å². The Hall–Kier alpha value is -0.460. The second-order valence-electron chi connectivity index (χ2n) is 2.85. The van der Waals surface area contributed by atoms with Gasteiger partial charge in [0.1, 0.15) is 4.84 Å². The summed E-state index contributed by atoms with van der Waals surface area (Å²) in [4.78, 5) is -0.343. The Morgan fingerprint density at radius 3 is 2.67 bits per heavy atom. The predicted molar refractivity (Wildman–Crippen MR) is 53.7 cm³/mol. The summed E-state index contributed by atoms with van der Waals surface area (Å²) in [5.74, 6) is 0.171. The predicted octanol–water partition coefficient (Wildman–Crippen LogP) is 3.60. The smallest absolute Gasteiger partial charge is 0.104 e. The quantitative estimate of drug-likeness (QED) is 0.606. The monoisotopic (exact) mass is 198 g/mol. The molecule has 1 aliphatic rings. The summed E-state index contributed by atoms with van der Waals surface area (Å²) in [5, 5.41) is 0. The first kappa shape index (κ1) is 8.15. The van der Waals surface area contributed by atoms with Crippen LogP contribution in [0.25, 0.3) is 6.08 Å². The molecule has 1 aromatic carbocycles. The van der Waals surface area contributed by atoms with Gasteiger partial charge in [0.15, 0.2) is 0 Å². The summed E-state index contributed by atoms with van der Waals surface area (Å²) < 4.78 is 0. The third kappa shape index (κ3) is 1.26. The van der Waals surface area contributed by atoms with E-state index in [4.69, 9.17) is 23.2 Å². The van der Waals surface area contributed by atoms with Crippen molar-refractivity contribution >= 4 is 29.3 Å². The van der Waals surface area contributed by atoms with Gasteiger partial charge in [-0.3, -0.25) is 0 Å². The van der Waals surface area contributed by atoms with Gasteiger partial charge in [-0.05, 0) is 11.1 Å². The third-order valence-electron chi connectivity index (χ3n) is 2.11. The summed E-state index contributed by atoms with van der Waals surface area (Å²) in [5.41, 5.74) is 2.46. The van der Waals surface area contributed by atoms with E-state index in [-0.39, 0.29) is 10.8 Å². The van der Waals surface area contributed by atoms with Crippen LogP contribution in [0.4, 0.5) is 0 Å². The molecule has 0 amide bonds. The largest absolute Gasteiger partial charge is 0.118 e. The second-order valence-corrected chi connectivity index (χ2v) is 4.01. The van der Waals surface area contributed by atoms with Crippen molar-refractivity contribution in [3.63, 3.8) is 0 Å². The van der Waals surface area contributed by atoms with E-state index in [1.807, 2.05) is 12.1 Å². The van der Waals surface area contributed by atoms with Gasteiger partial charge in [-0.15, -0.1) is 23.2 Å². The molecule has 0 radical (unpaired) electrons. The minimum Gasteiger partial charge on any atom is -0.104 e. The standard InChI is InChI=1S/C10H8Cl2/c11-10(12)9-6-5-7-3-1-2-4-8(7)9/h1-6,9-10H. The van der Waals surface area contributed by atoms with Gasteiger partial charge in [-0.25, -0.2) is 0 Å². The van der Waals surface area contributed by atoms with E-state index in [1.54, 1.807) is 0 Å². The average Bonchev–Trinajstić information content (AvgIpc) is 2.47. The molecule has 0 bridgehead atoms. The van der Waals surface area contributed by atoms with Crippen LogP contribution in [0.5, 0.6) is 0 Å². The SMILES string of the molecule is ClC(Cl)C1C=Cc2ccccc21. The number of rotatable bonds is 1. The first-order valence-electron chi connectivity index (χ1n) is 3.84. The maximum Gasteiger partial charge on any atom is 0.118 e. The lowest BCUT2D eigenvalue weighted by atomic mass is 10.0. The highest BCUT2D eigenvalue weighted by atomic mass is 35.5. The highest BCUT2D eigenvalue weighted by molar-refractivity contribution is 6.45. The minimum absolute atomic E-state index is 0.171. The summed E-state index contributed by atoms with van der Waals surface area (Å²) in [7, 11) is 0. The molecule has 1 unspecified atom stereocenters. The van der Waals surface area contributed by atoms with Gasteiger partial charge >= 0.3 is 0 Å². The molecular weight excluding hydrogens is 191 g/mol. The Labute approximate surface area is 81.8 Å². The Bertz CT molecular complexity index is 315. The van der Waals surface area contributed by atoms with Crippen molar-refractivity contribution in [2.75, 3.05) is 0 Å².